The lowest BCUT2D eigenvalue weighted by Crippen LogP contribution is -2.09. The average molecular weight is 565 g/mol. The van der Waals surface area contributed by atoms with Crippen molar-refractivity contribution in [1.29, 1.82) is 0 Å². The van der Waals surface area contributed by atoms with Gasteiger partial charge in [0.25, 0.3) is 0 Å². The number of hydrogen-bond acceptors (Lipinski definition) is 3. The molecular formula is C41H28N2O. The molecule has 3 nitrogen and oxygen atoms in total. The minimum Gasteiger partial charge on any atom is -0.436 e. The van der Waals surface area contributed by atoms with Gasteiger partial charge in [0.15, 0.2) is 5.58 Å². The molecule has 0 N–H and O–H groups in total. The predicted molar refractivity (Wildman–Crippen MR) is 183 cm³/mol. The maximum absolute atomic E-state index is 6.22. The molecule has 0 aliphatic rings. The zero-order chi connectivity index (χ0) is 29.3. The van der Waals surface area contributed by atoms with E-state index < -0.39 is 0 Å². The monoisotopic (exact) mass is 564 g/mol. The lowest BCUT2D eigenvalue weighted by molar-refractivity contribution is 0.620. The quantitative estimate of drug-likeness (QED) is 0.201. The Balaban J connectivity index is 1.20. The molecule has 0 saturated heterocycles. The molecule has 8 rings (SSSR count). The van der Waals surface area contributed by atoms with Crippen LogP contribution in [0.1, 0.15) is 0 Å². The molecule has 0 radical (unpaired) electrons. The molecule has 0 bridgehead atoms. The molecule has 0 atom stereocenters. The highest BCUT2D eigenvalue weighted by Gasteiger charge is 2.16. The van der Waals surface area contributed by atoms with E-state index >= 15 is 0 Å². The van der Waals surface area contributed by atoms with Crippen LogP contribution in [0.3, 0.4) is 0 Å². The fraction of sp³-hybridized carbons (Fsp3) is 0. The van der Waals surface area contributed by atoms with Crippen molar-refractivity contribution >= 4 is 38.9 Å². The van der Waals surface area contributed by atoms with Crippen molar-refractivity contribution in [2.24, 2.45) is 0 Å². The van der Waals surface area contributed by atoms with Crippen LogP contribution in [0.2, 0.25) is 0 Å². The van der Waals surface area contributed by atoms with E-state index in [0.717, 1.165) is 55.6 Å². The standard InChI is InChI=1S/C41H28N2O/c1-4-11-29(12-5-1)30-19-24-35(25-20-30)43(34-16-8-3-9-17-34)36-26-21-31(22-27-36)37-18-10-15-32-23-28-38-40(39(32)37)42-41(44-38)33-13-6-2-7-14-33/h1-28H. The maximum Gasteiger partial charge on any atom is 0.227 e. The van der Waals surface area contributed by atoms with Crippen LogP contribution in [0, 0.1) is 0 Å². The first-order valence-corrected chi connectivity index (χ1v) is 14.8. The normalized spacial score (nSPS) is 11.2. The highest BCUT2D eigenvalue weighted by Crippen LogP contribution is 2.39. The first kappa shape index (κ1) is 25.8. The molecule has 0 unspecified atom stereocenters. The number of oxazole rings is 1. The van der Waals surface area contributed by atoms with Crippen molar-refractivity contribution in [3.8, 4) is 33.7 Å². The van der Waals surface area contributed by atoms with Crippen LogP contribution >= 0.6 is 0 Å². The Kier molecular flexibility index (Phi) is 6.47. The van der Waals surface area contributed by atoms with Gasteiger partial charge in [0.05, 0.1) is 0 Å². The topological polar surface area (TPSA) is 29.3 Å². The van der Waals surface area contributed by atoms with E-state index in [4.69, 9.17) is 9.40 Å². The number of hydrogen-bond donors (Lipinski definition) is 0. The molecule has 1 heterocycles. The fourth-order valence-electron chi connectivity index (χ4n) is 5.96. The summed E-state index contributed by atoms with van der Waals surface area (Å²) in [7, 11) is 0. The molecule has 0 aliphatic heterocycles. The van der Waals surface area contributed by atoms with Crippen molar-refractivity contribution in [1.82, 2.24) is 4.98 Å². The van der Waals surface area contributed by atoms with Crippen LogP contribution in [0.4, 0.5) is 17.1 Å². The van der Waals surface area contributed by atoms with Crippen molar-refractivity contribution in [3.63, 3.8) is 0 Å². The zero-order valence-corrected chi connectivity index (χ0v) is 24.0. The summed E-state index contributed by atoms with van der Waals surface area (Å²) in [6.07, 6.45) is 0. The van der Waals surface area contributed by atoms with Gasteiger partial charge in [0, 0.05) is 28.0 Å². The second-order valence-electron chi connectivity index (χ2n) is 10.8. The lowest BCUT2D eigenvalue weighted by atomic mass is 9.97. The first-order chi connectivity index (χ1) is 21.8. The summed E-state index contributed by atoms with van der Waals surface area (Å²) in [4.78, 5) is 7.27. The van der Waals surface area contributed by atoms with Crippen molar-refractivity contribution in [2.75, 3.05) is 4.90 Å². The Morgan fingerprint density at radius 2 is 0.955 bits per heavy atom. The molecule has 7 aromatic carbocycles. The number of para-hydroxylation sites is 1. The molecule has 1 aromatic heterocycles. The van der Waals surface area contributed by atoms with Crippen molar-refractivity contribution in [2.45, 2.75) is 0 Å². The SMILES string of the molecule is c1ccc(-c2ccc(N(c3ccccc3)c3ccc(-c4cccc5ccc6oc(-c7ccccc7)nc6c45)cc3)cc2)cc1. The molecule has 0 spiro atoms. The number of anilines is 3. The molecule has 44 heavy (non-hydrogen) atoms. The van der Waals surface area contributed by atoms with Crippen molar-refractivity contribution < 1.29 is 4.42 Å². The molecule has 0 saturated carbocycles. The van der Waals surface area contributed by atoms with Crippen LogP contribution in [0.15, 0.2) is 174 Å². The molecule has 8 aromatic rings. The average Bonchev–Trinajstić information content (AvgIpc) is 3.55. The van der Waals surface area contributed by atoms with E-state index in [0.29, 0.717) is 5.89 Å². The predicted octanol–water partition coefficient (Wildman–Crippen LogP) is 11.5. The second-order valence-corrected chi connectivity index (χ2v) is 10.8. The number of aromatic nitrogens is 1. The van der Waals surface area contributed by atoms with Gasteiger partial charge in [-0.05, 0) is 82.2 Å². The van der Waals surface area contributed by atoms with Gasteiger partial charge in [0.1, 0.15) is 5.52 Å². The number of nitrogens with zero attached hydrogens (tertiary/aromatic N) is 2. The summed E-state index contributed by atoms with van der Waals surface area (Å²) in [6, 6.07) is 59.2. The number of rotatable bonds is 6. The van der Waals surface area contributed by atoms with Gasteiger partial charge in [-0.15, -0.1) is 0 Å². The van der Waals surface area contributed by atoms with Gasteiger partial charge in [-0.2, -0.15) is 0 Å². The van der Waals surface area contributed by atoms with Crippen LogP contribution in [0.25, 0.3) is 55.6 Å². The molecule has 0 fully saturated rings. The third kappa shape index (κ3) is 4.71. The Hall–Kier alpha value is -5.93. The van der Waals surface area contributed by atoms with Crippen molar-refractivity contribution in [3.05, 3.63) is 170 Å². The van der Waals surface area contributed by atoms with E-state index in [1.165, 1.54) is 11.1 Å². The van der Waals surface area contributed by atoms with E-state index in [9.17, 15) is 0 Å². The Morgan fingerprint density at radius 3 is 1.61 bits per heavy atom. The van der Waals surface area contributed by atoms with Gasteiger partial charge in [-0.25, -0.2) is 4.98 Å². The number of fused-ring (bicyclic) bond motifs is 3. The van der Waals surface area contributed by atoms with Gasteiger partial charge < -0.3 is 9.32 Å². The first-order valence-electron chi connectivity index (χ1n) is 14.8. The van der Waals surface area contributed by atoms with Crippen LogP contribution in [-0.4, -0.2) is 4.98 Å². The minimum atomic E-state index is 0.634. The summed E-state index contributed by atoms with van der Waals surface area (Å²) < 4.78 is 6.22. The third-order valence-corrected chi connectivity index (χ3v) is 8.11. The smallest absolute Gasteiger partial charge is 0.227 e. The van der Waals surface area contributed by atoms with Gasteiger partial charge in [0.2, 0.25) is 5.89 Å². The Labute approximate surface area is 256 Å². The van der Waals surface area contributed by atoms with E-state index in [1.54, 1.807) is 0 Å². The summed E-state index contributed by atoms with van der Waals surface area (Å²) in [6.45, 7) is 0. The second kappa shape index (κ2) is 11.0. The minimum absolute atomic E-state index is 0.634. The highest BCUT2D eigenvalue weighted by molar-refractivity contribution is 6.11. The molecule has 3 heteroatoms. The van der Waals surface area contributed by atoms with Crippen LogP contribution in [0.5, 0.6) is 0 Å². The largest absolute Gasteiger partial charge is 0.436 e. The summed E-state index contributed by atoms with van der Waals surface area (Å²) in [5.41, 5.74) is 10.6. The van der Waals surface area contributed by atoms with E-state index in [1.807, 2.05) is 42.5 Å². The van der Waals surface area contributed by atoms with Gasteiger partial charge >= 0.3 is 0 Å². The summed E-state index contributed by atoms with van der Waals surface area (Å²) in [5, 5.41) is 2.23. The molecule has 0 amide bonds. The van der Waals surface area contributed by atoms with Crippen LogP contribution < -0.4 is 4.90 Å². The maximum atomic E-state index is 6.22. The third-order valence-electron chi connectivity index (χ3n) is 8.11. The zero-order valence-electron chi connectivity index (χ0n) is 24.0. The Bertz CT molecular complexity index is 2190. The van der Waals surface area contributed by atoms with E-state index in [-0.39, 0.29) is 0 Å². The molecular weight excluding hydrogens is 536 g/mol. The van der Waals surface area contributed by atoms with E-state index in [2.05, 4.69) is 132 Å². The highest BCUT2D eigenvalue weighted by atomic mass is 16.3. The Morgan fingerprint density at radius 1 is 0.409 bits per heavy atom. The van der Waals surface area contributed by atoms with Gasteiger partial charge in [-0.1, -0.05) is 115 Å². The summed E-state index contributed by atoms with van der Waals surface area (Å²) >= 11 is 0. The molecule has 208 valence electrons. The fourth-order valence-corrected chi connectivity index (χ4v) is 5.96. The van der Waals surface area contributed by atoms with Gasteiger partial charge in [-0.3, -0.25) is 0 Å². The summed E-state index contributed by atoms with van der Waals surface area (Å²) in [5.74, 6) is 0.634. The lowest BCUT2D eigenvalue weighted by Gasteiger charge is -2.26. The molecule has 0 aliphatic carbocycles. The van der Waals surface area contributed by atoms with Crippen LogP contribution in [-0.2, 0) is 0 Å². The number of benzene rings is 7.